The molecule has 0 unspecified atom stereocenters. The minimum absolute atomic E-state index is 0. The van der Waals surface area contributed by atoms with Crippen LogP contribution in [0.25, 0.3) is 22.4 Å². The van der Waals surface area contributed by atoms with Crippen LogP contribution in [0.5, 0.6) is 0 Å². The fraction of sp³-hybridized carbons (Fsp3) is 0.158. The molecule has 0 aliphatic carbocycles. The van der Waals surface area contributed by atoms with Crippen LogP contribution in [-0.4, -0.2) is 25.2 Å². The number of nitrogens with two attached hydrogens (primary N) is 1. The van der Waals surface area contributed by atoms with Crippen LogP contribution in [-0.2, 0) is 14.6 Å². The Bertz CT molecular complexity index is 1040. The molecule has 0 fully saturated rings. The zero-order chi connectivity index (χ0) is 18.7. The monoisotopic (exact) mass is 394 g/mol. The van der Waals surface area contributed by atoms with Gasteiger partial charge in [0.05, 0.1) is 16.2 Å². The molecule has 136 valence electrons. The molecule has 8 heteroatoms. The van der Waals surface area contributed by atoms with E-state index >= 15 is 0 Å². The van der Waals surface area contributed by atoms with Crippen LogP contribution in [0.2, 0.25) is 0 Å². The van der Waals surface area contributed by atoms with Crippen LogP contribution >= 0.6 is 0 Å². The fourth-order valence-electron chi connectivity index (χ4n) is 2.69. The van der Waals surface area contributed by atoms with Crippen molar-refractivity contribution in [1.82, 2.24) is 5.16 Å². The van der Waals surface area contributed by atoms with Gasteiger partial charge in [0.1, 0.15) is 11.5 Å². The van der Waals surface area contributed by atoms with Crippen LogP contribution in [0.15, 0.2) is 64.0 Å². The molecular formula is C19H19N2NaO4S. The van der Waals surface area contributed by atoms with E-state index in [2.05, 4.69) is 5.16 Å². The van der Waals surface area contributed by atoms with Crippen molar-refractivity contribution in [2.75, 3.05) is 5.75 Å². The summed E-state index contributed by atoms with van der Waals surface area (Å²) in [6.07, 6.45) is -0.201. The molecule has 0 atom stereocenters. The minimum atomic E-state index is -3.55. The zero-order valence-corrected chi connectivity index (χ0v) is 18.0. The summed E-state index contributed by atoms with van der Waals surface area (Å²) in [5.41, 5.74) is 8.27. The quantitative estimate of drug-likeness (QED) is 0.597. The van der Waals surface area contributed by atoms with E-state index < -0.39 is 15.7 Å². The zero-order valence-electron chi connectivity index (χ0n) is 16.2. The van der Waals surface area contributed by atoms with Gasteiger partial charge in [-0.3, -0.25) is 4.79 Å². The van der Waals surface area contributed by atoms with Gasteiger partial charge in [-0.05, 0) is 24.6 Å². The van der Waals surface area contributed by atoms with E-state index in [1.54, 1.807) is 12.1 Å². The number of hydrogen-bond donors (Lipinski definition) is 1. The van der Waals surface area contributed by atoms with Gasteiger partial charge in [-0.1, -0.05) is 47.6 Å². The first kappa shape index (κ1) is 21.4. The predicted octanol–water partition coefficient (Wildman–Crippen LogP) is 0.0826. The van der Waals surface area contributed by atoms with E-state index in [0.717, 1.165) is 16.7 Å². The number of aryl methyl sites for hydroxylation is 1. The predicted molar refractivity (Wildman–Crippen MR) is 99.1 cm³/mol. The molecule has 0 radical (unpaired) electrons. The average Bonchev–Trinajstić information content (AvgIpc) is 3.02. The molecule has 1 aromatic heterocycles. The van der Waals surface area contributed by atoms with Gasteiger partial charge in [0, 0.05) is 12.0 Å². The maximum Gasteiger partial charge on any atom is 1.00 e. The number of benzene rings is 2. The van der Waals surface area contributed by atoms with Gasteiger partial charge in [-0.15, -0.1) is 0 Å². The second-order valence-electron chi connectivity index (χ2n) is 5.89. The number of amides is 1. The van der Waals surface area contributed by atoms with Crippen LogP contribution in [0.3, 0.4) is 0 Å². The molecule has 0 bridgehead atoms. The molecule has 3 aromatic rings. The number of nitrogens with zero attached hydrogens (tertiary/aromatic N) is 1. The number of aromatic nitrogens is 1. The van der Waals surface area contributed by atoms with Crippen molar-refractivity contribution in [3.8, 4) is 22.4 Å². The topological polar surface area (TPSA) is 103 Å². The fourth-order valence-corrected chi connectivity index (χ4v) is 3.94. The summed E-state index contributed by atoms with van der Waals surface area (Å²) in [4.78, 5) is 11.0. The summed E-state index contributed by atoms with van der Waals surface area (Å²) in [5, 5.41) is 4.14. The van der Waals surface area contributed by atoms with Crippen molar-refractivity contribution in [2.24, 2.45) is 5.73 Å². The number of rotatable bonds is 6. The molecule has 0 spiro atoms. The largest absolute Gasteiger partial charge is 1.00 e. The first-order valence-corrected chi connectivity index (χ1v) is 9.67. The van der Waals surface area contributed by atoms with E-state index in [4.69, 9.17) is 10.3 Å². The molecule has 0 saturated heterocycles. The Labute approximate surface area is 181 Å². The standard InChI is InChI=1S/C19H18N2O4S.Na.H/c1-13-18(19(21-25-13)15-5-3-2-4-6-15)14-7-9-16(10-8-14)26(23,24)12-11-17(20)22;;/h2-10H,11-12H2,1H3,(H2,20,22);;/q;+1;-1. The van der Waals surface area contributed by atoms with Crippen LogP contribution in [0.1, 0.15) is 13.6 Å². The van der Waals surface area contributed by atoms with Crippen LogP contribution in [0.4, 0.5) is 0 Å². The van der Waals surface area contributed by atoms with Crippen molar-refractivity contribution in [1.29, 1.82) is 0 Å². The molecule has 27 heavy (non-hydrogen) atoms. The Morgan fingerprint density at radius 2 is 1.70 bits per heavy atom. The van der Waals surface area contributed by atoms with Crippen molar-refractivity contribution >= 4 is 15.7 Å². The van der Waals surface area contributed by atoms with Crippen molar-refractivity contribution in [3.63, 3.8) is 0 Å². The molecule has 1 amide bonds. The molecule has 0 aliphatic heterocycles. The number of sulfone groups is 1. The van der Waals surface area contributed by atoms with Gasteiger partial charge < -0.3 is 11.7 Å². The third kappa shape index (κ3) is 4.87. The summed E-state index contributed by atoms with van der Waals surface area (Å²) in [7, 11) is -3.55. The second-order valence-corrected chi connectivity index (χ2v) is 8.00. The molecule has 1 heterocycles. The Balaban J connectivity index is 0.00000196. The van der Waals surface area contributed by atoms with E-state index in [9.17, 15) is 13.2 Å². The SMILES string of the molecule is Cc1onc(-c2ccccc2)c1-c1ccc(S(=O)(=O)CCC(N)=O)cc1.[H-].[Na+]. The van der Waals surface area contributed by atoms with Gasteiger partial charge in [0.25, 0.3) is 0 Å². The third-order valence-electron chi connectivity index (χ3n) is 4.03. The molecule has 3 rings (SSSR count). The van der Waals surface area contributed by atoms with E-state index in [-0.39, 0.29) is 48.1 Å². The minimum Gasteiger partial charge on any atom is -1.00 e. The van der Waals surface area contributed by atoms with Gasteiger partial charge in [0.15, 0.2) is 9.84 Å². The summed E-state index contributed by atoms with van der Waals surface area (Å²) in [6.45, 7) is 1.81. The Hall–Kier alpha value is -1.93. The van der Waals surface area contributed by atoms with Crippen molar-refractivity contribution < 1.29 is 48.7 Å². The van der Waals surface area contributed by atoms with E-state index in [1.165, 1.54) is 12.1 Å². The summed E-state index contributed by atoms with van der Waals surface area (Å²) < 4.78 is 29.8. The molecule has 2 aromatic carbocycles. The summed E-state index contributed by atoms with van der Waals surface area (Å²) in [5.74, 6) is -0.297. The van der Waals surface area contributed by atoms with E-state index in [1.807, 2.05) is 37.3 Å². The number of hydrogen-bond acceptors (Lipinski definition) is 5. The smallest absolute Gasteiger partial charge is 1.00 e. The summed E-state index contributed by atoms with van der Waals surface area (Å²) in [6, 6.07) is 16.1. The molecule has 0 aliphatic rings. The van der Waals surface area contributed by atoms with Gasteiger partial charge in [-0.25, -0.2) is 8.42 Å². The van der Waals surface area contributed by atoms with Crippen molar-refractivity contribution in [2.45, 2.75) is 18.2 Å². The van der Waals surface area contributed by atoms with Gasteiger partial charge in [0.2, 0.25) is 5.91 Å². The average molecular weight is 394 g/mol. The molecule has 2 N–H and O–H groups in total. The number of carbonyl (C=O) groups excluding carboxylic acids is 1. The molecular weight excluding hydrogens is 375 g/mol. The Kier molecular flexibility index (Phi) is 7.00. The van der Waals surface area contributed by atoms with Crippen LogP contribution in [0, 0.1) is 6.92 Å². The normalized spacial score (nSPS) is 11.0. The molecule has 6 nitrogen and oxygen atoms in total. The molecule has 0 saturated carbocycles. The first-order chi connectivity index (χ1) is 12.4. The maximum atomic E-state index is 12.3. The number of carbonyl (C=O) groups is 1. The Morgan fingerprint density at radius 1 is 1.07 bits per heavy atom. The maximum absolute atomic E-state index is 12.3. The first-order valence-electron chi connectivity index (χ1n) is 8.01. The van der Waals surface area contributed by atoms with Gasteiger partial charge in [-0.2, -0.15) is 0 Å². The summed E-state index contributed by atoms with van der Waals surface area (Å²) >= 11 is 0. The number of primary amides is 1. The van der Waals surface area contributed by atoms with E-state index in [0.29, 0.717) is 11.5 Å². The van der Waals surface area contributed by atoms with Gasteiger partial charge >= 0.3 is 29.6 Å². The van der Waals surface area contributed by atoms with Crippen molar-refractivity contribution in [3.05, 3.63) is 60.4 Å². The van der Waals surface area contributed by atoms with Crippen LogP contribution < -0.4 is 35.3 Å². The Morgan fingerprint density at radius 3 is 2.30 bits per heavy atom. The second kappa shape index (κ2) is 8.84. The third-order valence-corrected chi connectivity index (χ3v) is 5.76.